The molecule has 0 saturated carbocycles. The van der Waals surface area contributed by atoms with Crippen molar-refractivity contribution >= 4 is 34.4 Å². The number of nitrogens with one attached hydrogen (secondary N) is 2. The maximum absolute atomic E-state index is 12.3. The minimum atomic E-state index is -0.386. The molecule has 1 heterocycles. The highest BCUT2D eigenvalue weighted by molar-refractivity contribution is 6.35. The van der Waals surface area contributed by atoms with E-state index in [1.54, 1.807) is 12.1 Å². The first-order valence-corrected chi connectivity index (χ1v) is 10.6. The molecule has 1 aromatic heterocycles. The van der Waals surface area contributed by atoms with Gasteiger partial charge in [0.1, 0.15) is 18.1 Å². The molecule has 0 unspecified atom stereocenters. The molecule has 0 fully saturated rings. The van der Waals surface area contributed by atoms with Gasteiger partial charge in [0.25, 0.3) is 5.91 Å². The first-order chi connectivity index (χ1) is 14.9. The average Bonchev–Trinajstić information content (AvgIpc) is 3.21. The van der Waals surface area contributed by atoms with E-state index in [4.69, 9.17) is 22.1 Å². The number of guanidine groups is 1. The number of amides is 1. The van der Waals surface area contributed by atoms with Crippen molar-refractivity contribution in [1.29, 1.82) is 0 Å². The summed E-state index contributed by atoms with van der Waals surface area (Å²) in [7, 11) is 1.50. The van der Waals surface area contributed by atoms with Gasteiger partial charge in [-0.2, -0.15) is 0 Å². The number of hydrogen-bond donors (Lipinski definition) is 3. The Morgan fingerprint density at radius 3 is 2.58 bits per heavy atom. The first-order valence-electron chi connectivity index (χ1n) is 10.2. The van der Waals surface area contributed by atoms with Gasteiger partial charge in [0.05, 0.1) is 10.5 Å². The van der Waals surface area contributed by atoms with Crippen LogP contribution in [0.25, 0.3) is 10.9 Å². The van der Waals surface area contributed by atoms with E-state index >= 15 is 0 Å². The molecule has 0 aliphatic heterocycles. The van der Waals surface area contributed by atoms with Crippen LogP contribution in [0.1, 0.15) is 35.5 Å². The number of benzene rings is 2. The van der Waals surface area contributed by atoms with Gasteiger partial charge < -0.3 is 15.5 Å². The number of aliphatic imine (C=N–C) groups is 1. The van der Waals surface area contributed by atoms with Crippen molar-refractivity contribution < 1.29 is 9.53 Å². The molecule has 0 aliphatic rings. The Morgan fingerprint density at radius 2 is 1.90 bits per heavy atom. The maximum atomic E-state index is 12.3. The summed E-state index contributed by atoms with van der Waals surface area (Å²) in [6.07, 6.45) is 0. The van der Waals surface area contributed by atoms with E-state index in [2.05, 4.69) is 46.2 Å². The fraction of sp³-hybridized carbons (Fsp3) is 0.304. The second-order valence-corrected chi connectivity index (χ2v) is 7.54. The number of aromatic amines is 1. The Bertz CT molecular complexity index is 1090. The summed E-state index contributed by atoms with van der Waals surface area (Å²) in [5.74, 6) is 0.281. The molecule has 31 heavy (non-hydrogen) atoms. The van der Waals surface area contributed by atoms with Gasteiger partial charge >= 0.3 is 0 Å². The fourth-order valence-electron chi connectivity index (χ4n) is 3.32. The maximum Gasteiger partial charge on any atom is 0.274 e. The Hall–Kier alpha value is -3.03. The largest absolute Gasteiger partial charge is 0.489 e. The second-order valence-electron chi connectivity index (χ2n) is 7.13. The molecule has 0 bridgehead atoms. The van der Waals surface area contributed by atoms with Crippen LogP contribution in [0.5, 0.6) is 5.75 Å². The van der Waals surface area contributed by atoms with E-state index in [0.717, 1.165) is 30.6 Å². The topological polar surface area (TPSA) is 95.7 Å². The van der Waals surface area contributed by atoms with Crippen LogP contribution in [0.3, 0.4) is 0 Å². The quantitative estimate of drug-likeness (QED) is 0.364. The van der Waals surface area contributed by atoms with Crippen LogP contribution < -0.4 is 15.8 Å². The molecule has 0 radical (unpaired) electrons. The summed E-state index contributed by atoms with van der Waals surface area (Å²) in [5, 5.41) is 3.72. The van der Waals surface area contributed by atoms with Gasteiger partial charge in [0.15, 0.2) is 5.96 Å². The highest BCUT2D eigenvalue weighted by Gasteiger charge is 2.14. The summed E-state index contributed by atoms with van der Waals surface area (Å²) in [4.78, 5) is 21.4. The molecule has 4 N–H and O–H groups in total. The van der Waals surface area contributed by atoms with Crippen molar-refractivity contribution in [2.24, 2.45) is 10.7 Å². The Kier molecular flexibility index (Phi) is 7.55. The highest BCUT2D eigenvalue weighted by atomic mass is 35.5. The third-order valence-corrected chi connectivity index (χ3v) is 5.50. The molecule has 3 rings (SSSR count). The van der Waals surface area contributed by atoms with Crippen LogP contribution in [-0.2, 0) is 13.2 Å². The predicted molar refractivity (Wildman–Crippen MR) is 126 cm³/mol. The number of nitrogens with two attached hydrogens (primary N) is 1. The van der Waals surface area contributed by atoms with Crippen LogP contribution in [0.4, 0.5) is 0 Å². The summed E-state index contributed by atoms with van der Waals surface area (Å²) in [6, 6.07) is 13.5. The Morgan fingerprint density at radius 1 is 1.19 bits per heavy atom. The van der Waals surface area contributed by atoms with Crippen molar-refractivity contribution in [3.8, 4) is 5.75 Å². The van der Waals surface area contributed by atoms with Crippen molar-refractivity contribution in [3.05, 3.63) is 64.3 Å². The fourth-order valence-corrected chi connectivity index (χ4v) is 3.58. The third kappa shape index (κ3) is 5.57. The van der Waals surface area contributed by atoms with Gasteiger partial charge in [0, 0.05) is 25.0 Å². The van der Waals surface area contributed by atoms with E-state index in [1.807, 2.05) is 18.2 Å². The van der Waals surface area contributed by atoms with Crippen molar-refractivity contribution in [3.63, 3.8) is 0 Å². The average molecular weight is 442 g/mol. The number of carbonyl (C=O) groups excluding carboxylic acids is 1. The number of rotatable bonds is 8. The number of fused-ring (bicyclic) bond motifs is 1. The SMILES string of the molecule is CCN(CC)Cc1ccccc1COc1cc(Cl)c2cc(C(=O)NC(N)=NC)[nH]c2c1. The molecule has 0 aliphatic carbocycles. The summed E-state index contributed by atoms with van der Waals surface area (Å²) >= 11 is 6.45. The number of hydrogen-bond acceptors (Lipinski definition) is 4. The van der Waals surface area contributed by atoms with E-state index < -0.39 is 0 Å². The standard InChI is InChI=1S/C23H28ClN5O2/c1-4-29(5-2)13-15-8-6-7-9-16(15)14-31-17-10-19(24)18-12-21(27-20(18)11-17)22(30)28-23(25)26-3/h6-12,27H,4-5,13-14H2,1-3H3,(H3,25,26,28,30). The first kappa shape index (κ1) is 22.7. The van der Waals surface area contributed by atoms with Gasteiger partial charge in [-0.15, -0.1) is 0 Å². The normalized spacial score (nSPS) is 11.8. The van der Waals surface area contributed by atoms with Gasteiger partial charge in [-0.1, -0.05) is 49.7 Å². The molecule has 3 aromatic rings. The summed E-state index contributed by atoms with van der Waals surface area (Å²) < 4.78 is 6.06. The molecule has 7 nitrogen and oxygen atoms in total. The van der Waals surface area contributed by atoms with Crippen molar-refractivity contribution in [2.75, 3.05) is 20.1 Å². The Labute approximate surface area is 187 Å². The van der Waals surface area contributed by atoms with Crippen LogP contribution in [0.2, 0.25) is 5.02 Å². The number of H-pyrrole nitrogens is 1. The van der Waals surface area contributed by atoms with E-state index in [-0.39, 0.29) is 11.9 Å². The van der Waals surface area contributed by atoms with Crippen LogP contribution >= 0.6 is 11.6 Å². The lowest BCUT2D eigenvalue weighted by Gasteiger charge is -2.20. The molecule has 0 atom stereocenters. The number of halogens is 1. The van der Waals surface area contributed by atoms with Crippen LogP contribution in [-0.4, -0.2) is 41.9 Å². The minimum Gasteiger partial charge on any atom is -0.489 e. The van der Waals surface area contributed by atoms with Crippen molar-refractivity contribution in [2.45, 2.75) is 27.0 Å². The zero-order valence-electron chi connectivity index (χ0n) is 18.0. The summed E-state index contributed by atoms with van der Waals surface area (Å²) in [5.41, 5.74) is 8.99. The van der Waals surface area contributed by atoms with Crippen molar-refractivity contribution in [1.82, 2.24) is 15.2 Å². The zero-order chi connectivity index (χ0) is 22.4. The van der Waals surface area contributed by atoms with E-state index in [1.165, 1.54) is 12.6 Å². The highest BCUT2D eigenvalue weighted by Crippen LogP contribution is 2.30. The molecular formula is C23H28ClN5O2. The number of ether oxygens (including phenoxy) is 1. The van der Waals surface area contributed by atoms with Gasteiger partial charge in [-0.3, -0.25) is 20.0 Å². The third-order valence-electron chi connectivity index (χ3n) is 5.19. The lowest BCUT2D eigenvalue weighted by atomic mass is 10.1. The lowest BCUT2D eigenvalue weighted by molar-refractivity contribution is 0.0972. The molecular weight excluding hydrogens is 414 g/mol. The van der Waals surface area contributed by atoms with E-state index in [9.17, 15) is 4.79 Å². The van der Waals surface area contributed by atoms with Gasteiger partial charge in [0.2, 0.25) is 0 Å². The van der Waals surface area contributed by atoms with Gasteiger partial charge in [-0.25, -0.2) is 0 Å². The zero-order valence-corrected chi connectivity index (χ0v) is 18.8. The second kappa shape index (κ2) is 10.3. The summed E-state index contributed by atoms with van der Waals surface area (Å²) in [6.45, 7) is 7.62. The molecule has 0 spiro atoms. The lowest BCUT2D eigenvalue weighted by Crippen LogP contribution is -2.36. The van der Waals surface area contributed by atoms with E-state index in [0.29, 0.717) is 28.6 Å². The predicted octanol–water partition coefficient (Wildman–Crippen LogP) is 3.92. The molecule has 164 valence electrons. The minimum absolute atomic E-state index is 0.0437. The Balaban J connectivity index is 1.78. The smallest absolute Gasteiger partial charge is 0.274 e. The monoisotopic (exact) mass is 441 g/mol. The molecule has 2 aromatic carbocycles. The number of aromatic nitrogens is 1. The molecule has 1 amide bonds. The number of carbonyl (C=O) groups is 1. The molecule has 0 saturated heterocycles. The van der Waals surface area contributed by atoms with Crippen LogP contribution in [0.15, 0.2) is 47.5 Å². The van der Waals surface area contributed by atoms with Gasteiger partial charge in [-0.05, 0) is 36.3 Å². The number of nitrogens with zero attached hydrogens (tertiary/aromatic N) is 2. The molecule has 8 heteroatoms. The van der Waals surface area contributed by atoms with Crippen LogP contribution in [0, 0.1) is 0 Å².